The second-order valence-electron chi connectivity index (χ2n) is 6.38. The Bertz CT molecular complexity index is 902. The second-order valence-corrected chi connectivity index (χ2v) is 6.38. The lowest BCUT2D eigenvalue weighted by Gasteiger charge is -2.08. The Kier molecular flexibility index (Phi) is 7.07. The first-order chi connectivity index (χ1) is 13.7. The lowest BCUT2D eigenvalue weighted by atomic mass is 10.1. The molecule has 0 saturated heterocycles. The van der Waals surface area contributed by atoms with E-state index in [1.165, 1.54) is 11.6 Å². The van der Waals surface area contributed by atoms with Crippen LogP contribution < -0.4 is 10.6 Å². The number of rotatable bonds is 9. The summed E-state index contributed by atoms with van der Waals surface area (Å²) in [6, 6.07) is 18.4. The first kappa shape index (κ1) is 19.5. The highest BCUT2D eigenvalue weighted by Gasteiger charge is 2.09. The van der Waals surface area contributed by atoms with Crippen molar-refractivity contribution in [1.29, 1.82) is 0 Å². The molecule has 2 N–H and O–H groups in total. The molecule has 0 bridgehead atoms. The van der Waals surface area contributed by atoms with Gasteiger partial charge in [-0.2, -0.15) is 0 Å². The molecular formula is C22H23FN4O. The summed E-state index contributed by atoms with van der Waals surface area (Å²) in [6.45, 7) is 1.05. The number of aromatic nitrogens is 2. The van der Waals surface area contributed by atoms with Crippen LogP contribution in [0.1, 0.15) is 28.0 Å². The molecule has 28 heavy (non-hydrogen) atoms. The summed E-state index contributed by atoms with van der Waals surface area (Å²) in [4.78, 5) is 20.7. The van der Waals surface area contributed by atoms with Crippen LogP contribution in [0.2, 0.25) is 0 Å². The molecule has 0 aliphatic rings. The molecule has 0 spiro atoms. The van der Waals surface area contributed by atoms with Gasteiger partial charge >= 0.3 is 0 Å². The van der Waals surface area contributed by atoms with E-state index in [0.29, 0.717) is 31.0 Å². The van der Waals surface area contributed by atoms with Gasteiger partial charge in [0.15, 0.2) is 0 Å². The second kappa shape index (κ2) is 10.2. The average Bonchev–Trinajstić information content (AvgIpc) is 2.73. The largest absolute Gasteiger partial charge is 0.354 e. The third kappa shape index (κ3) is 5.87. The van der Waals surface area contributed by atoms with Gasteiger partial charge in [0.1, 0.15) is 11.5 Å². The minimum atomic E-state index is -0.300. The first-order valence-electron chi connectivity index (χ1n) is 9.35. The number of carbonyl (C=O) groups excluding carboxylic acids is 1. The van der Waals surface area contributed by atoms with Crippen LogP contribution in [0, 0.1) is 5.82 Å². The van der Waals surface area contributed by atoms with Gasteiger partial charge < -0.3 is 10.6 Å². The van der Waals surface area contributed by atoms with E-state index in [2.05, 4.69) is 32.7 Å². The van der Waals surface area contributed by atoms with E-state index >= 15 is 0 Å². The predicted octanol–water partition coefficient (Wildman–Crippen LogP) is 3.63. The smallest absolute Gasteiger partial charge is 0.270 e. The predicted molar refractivity (Wildman–Crippen MR) is 108 cm³/mol. The molecule has 1 amide bonds. The summed E-state index contributed by atoms with van der Waals surface area (Å²) in [7, 11) is 0. The van der Waals surface area contributed by atoms with Crippen LogP contribution in [-0.2, 0) is 12.8 Å². The van der Waals surface area contributed by atoms with Gasteiger partial charge in [-0.05, 0) is 42.5 Å². The molecule has 0 fully saturated rings. The molecule has 144 valence electrons. The molecule has 0 saturated carbocycles. The van der Waals surface area contributed by atoms with E-state index in [4.69, 9.17) is 0 Å². The van der Waals surface area contributed by atoms with Gasteiger partial charge in [-0.15, -0.1) is 0 Å². The van der Waals surface area contributed by atoms with E-state index in [1.807, 2.05) is 18.2 Å². The number of benzene rings is 2. The number of nitrogens with one attached hydrogen (secondary N) is 2. The molecule has 0 unspecified atom stereocenters. The van der Waals surface area contributed by atoms with Gasteiger partial charge in [0.05, 0.1) is 0 Å². The minimum Gasteiger partial charge on any atom is -0.354 e. The van der Waals surface area contributed by atoms with Gasteiger partial charge in [-0.1, -0.05) is 48.5 Å². The van der Waals surface area contributed by atoms with Crippen LogP contribution in [0.5, 0.6) is 0 Å². The number of carbonyl (C=O) groups is 1. The molecule has 3 aromatic rings. The molecule has 1 aromatic heterocycles. The van der Waals surface area contributed by atoms with Crippen molar-refractivity contribution >= 4 is 11.9 Å². The fourth-order valence-electron chi connectivity index (χ4n) is 2.81. The number of aryl methyl sites for hydroxylation is 1. The third-order valence-electron chi connectivity index (χ3n) is 4.29. The summed E-state index contributed by atoms with van der Waals surface area (Å²) < 4.78 is 13.6. The van der Waals surface area contributed by atoms with Crippen molar-refractivity contribution in [2.75, 3.05) is 18.4 Å². The lowest BCUT2D eigenvalue weighted by molar-refractivity contribution is 0.0949. The Morgan fingerprint density at radius 3 is 2.54 bits per heavy atom. The normalized spacial score (nSPS) is 10.5. The van der Waals surface area contributed by atoms with Gasteiger partial charge in [-0.3, -0.25) is 4.79 Å². The summed E-state index contributed by atoms with van der Waals surface area (Å²) in [5.41, 5.74) is 2.15. The molecule has 0 radical (unpaired) electrons. The lowest BCUT2D eigenvalue weighted by Crippen LogP contribution is -2.27. The van der Waals surface area contributed by atoms with Crippen LogP contribution in [0.25, 0.3) is 0 Å². The number of amides is 1. The number of anilines is 1. The Morgan fingerprint density at radius 1 is 0.929 bits per heavy atom. The van der Waals surface area contributed by atoms with Crippen molar-refractivity contribution < 1.29 is 9.18 Å². The van der Waals surface area contributed by atoms with Gasteiger partial charge in [-0.25, -0.2) is 14.4 Å². The average molecular weight is 378 g/mol. The van der Waals surface area contributed by atoms with Gasteiger partial charge in [0.25, 0.3) is 5.91 Å². The molecule has 0 aliphatic heterocycles. The summed E-state index contributed by atoms with van der Waals surface area (Å²) in [5, 5.41) is 5.91. The number of hydrogen-bond donors (Lipinski definition) is 2. The van der Waals surface area contributed by atoms with E-state index in [1.54, 1.807) is 30.5 Å². The topological polar surface area (TPSA) is 66.9 Å². The van der Waals surface area contributed by atoms with Crippen molar-refractivity contribution in [2.24, 2.45) is 0 Å². The summed E-state index contributed by atoms with van der Waals surface area (Å²) in [5.74, 6) is -0.137. The molecule has 1 heterocycles. The molecule has 0 atom stereocenters. The molecule has 3 rings (SSSR count). The standard InChI is InChI=1S/C22H23FN4O/c23-19-11-5-4-10-18(19)12-15-24-21(28)20-13-16-26-22(27-20)25-14-6-9-17-7-2-1-3-8-17/h1-5,7-8,10-11,13,16H,6,9,12,14-15H2,(H,24,28)(H,25,26,27). The first-order valence-corrected chi connectivity index (χ1v) is 9.35. The van der Waals surface area contributed by atoms with E-state index in [-0.39, 0.29) is 17.4 Å². The van der Waals surface area contributed by atoms with Crippen LogP contribution in [0.3, 0.4) is 0 Å². The van der Waals surface area contributed by atoms with Gasteiger partial charge in [0, 0.05) is 19.3 Å². The Morgan fingerprint density at radius 2 is 1.71 bits per heavy atom. The zero-order chi connectivity index (χ0) is 19.6. The number of halogens is 1. The summed E-state index contributed by atoms with van der Waals surface area (Å²) >= 11 is 0. The van der Waals surface area contributed by atoms with Crippen LogP contribution >= 0.6 is 0 Å². The van der Waals surface area contributed by atoms with Crippen LogP contribution in [0.4, 0.5) is 10.3 Å². The highest BCUT2D eigenvalue weighted by Crippen LogP contribution is 2.07. The molecule has 5 nitrogen and oxygen atoms in total. The van der Waals surface area contributed by atoms with Crippen molar-refractivity contribution in [3.05, 3.63) is 89.5 Å². The fraction of sp³-hybridized carbons (Fsp3) is 0.227. The SMILES string of the molecule is O=C(NCCc1ccccc1F)c1ccnc(NCCCc2ccccc2)n1. The Labute approximate surface area is 164 Å². The third-order valence-corrected chi connectivity index (χ3v) is 4.29. The minimum absolute atomic E-state index is 0.263. The van der Waals surface area contributed by atoms with Gasteiger partial charge in [0.2, 0.25) is 5.95 Å². The quantitative estimate of drug-likeness (QED) is 0.558. The Balaban J connectivity index is 1.44. The molecule has 6 heteroatoms. The highest BCUT2D eigenvalue weighted by atomic mass is 19.1. The van der Waals surface area contributed by atoms with Crippen LogP contribution in [0.15, 0.2) is 66.9 Å². The van der Waals surface area contributed by atoms with E-state index in [9.17, 15) is 9.18 Å². The van der Waals surface area contributed by atoms with Crippen molar-refractivity contribution in [3.8, 4) is 0 Å². The van der Waals surface area contributed by atoms with E-state index < -0.39 is 0 Å². The zero-order valence-electron chi connectivity index (χ0n) is 15.6. The van der Waals surface area contributed by atoms with Crippen molar-refractivity contribution in [3.63, 3.8) is 0 Å². The molecule has 2 aromatic carbocycles. The molecule has 0 aliphatic carbocycles. The van der Waals surface area contributed by atoms with E-state index in [0.717, 1.165) is 12.8 Å². The van der Waals surface area contributed by atoms with Crippen molar-refractivity contribution in [2.45, 2.75) is 19.3 Å². The monoisotopic (exact) mass is 378 g/mol. The zero-order valence-corrected chi connectivity index (χ0v) is 15.6. The number of hydrogen-bond acceptors (Lipinski definition) is 4. The highest BCUT2D eigenvalue weighted by molar-refractivity contribution is 5.92. The summed E-state index contributed by atoms with van der Waals surface area (Å²) in [6.07, 6.45) is 3.88. The maximum absolute atomic E-state index is 13.6. The van der Waals surface area contributed by atoms with Crippen LogP contribution in [-0.4, -0.2) is 29.0 Å². The number of nitrogens with zero attached hydrogens (tertiary/aromatic N) is 2. The molecular weight excluding hydrogens is 355 g/mol. The van der Waals surface area contributed by atoms with Crippen molar-refractivity contribution in [1.82, 2.24) is 15.3 Å². The fourth-order valence-corrected chi connectivity index (χ4v) is 2.81. The Hall–Kier alpha value is -3.28. The maximum Gasteiger partial charge on any atom is 0.270 e. The maximum atomic E-state index is 13.6.